The largest absolute Gasteiger partial charge is 0.496 e. The molecule has 5 nitrogen and oxygen atoms in total. The van der Waals surface area contributed by atoms with Gasteiger partial charge in [-0.3, -0.25) is 14.9 Å². The highest BCUT2D eigenvalue weighted by Crippen LogP contribution is 2.32. The van der Waals surface area contributed by atoms with Crippen LogP contribution in [0.25, 0.3) is 6.08 Å². The van der Waals surface area contributed by atoms with Crippen LogP contribution in [0.15, 0.2) is 48.0 Å². The second-order valence-corrected chi connectivity index (χ2v) is 5.33. The molecule has 0 aromatic heterocycles. The first kappa shape index (κ1) is 15.0. The number of ether oxygens (including phenoxy) is 1. The third-order valence-corrected chi connectivity index (χ3v) is 3.98. The van der Waals surface area contributed by atoms with Crippen LogP contribution in [0.5, 0.6) is 5.75 Å². The number of nitro groups is 1. The predicted molar refractivity (Wildman–Crippen MR) is 86.7 cm³/mol. The number of hydrogen-bond acceptors (Lipinski definition) is 4. The van der Waals surface area contributed by atoms with E-state index in [-0.39, 0.29) is 11.5 Å². The highest BCUT2D eigenvalue weighted by molar-refractivity contribution is 6.13. The fourth-order valence-electron chi connectivity index (χ4n) is 2.80. The topological polar surface area (TPSA) is 69.4 Å². The lowest BCUT2D eigenvalue weighted by Gasteiger charge is -2.19. The molecule has 23 heavy (non-hydrogen) atoms. The molecule has 0 spiro atoms. The Bertz CT molecular complexity index is 806. The number of ketones is 1. The summed E-state index contributed by atoms with van der Waals surface area (Å²) in [6.07, 6.45) is 3.17. The van der Waals surface area contributed by atoms with Crippen molar-refractivity contribution in [2.75, 3.05) is 7.11 Å². The number of nitrogens with zero attached hydrogens (tertiary/aromatic N) is 1. The van der Waals surface area contributed by atoms with Gasteiger partial charge in [-0.15, -0.1) is 0 Å². The van der Waals surface area contributed by atoms with E-state index >= 15 is 0 Å². The van der Waals surface area contributed by atoms with E-state index in [1.807, 2.05) is 18.2 Å². The van der Waals surface area contributed by atoms with Crippen LogP contribution in [0, 0.1) is 10.1 Å². The quantitative estimate of drug-likeness (QED) is 0.491. The van der Waals surface area contributed by atoms with Gasteiger partial charge in [0.15, 0.2) is 5.78 Å². The van der Waals surface area contributed by atoms with Crippen LogP contribution in [-0.2, 0) is 6.42 Å². The minimum absolute atomic E-state index is 0.0106. The summed E-state index contributed by atoms with van der Waals surface area (Å²) in [4.78, 5) is 22.9. The molecule has 116 valence electrons. The molecule has 0 heterocycles. The Kier molecular flexibility index (Phi) is 3.93. The van der Waals surface area contributed by atoms with Crippen molar-refractivity contribution in [2.45, 2.75) is 12.8 Å². The molecule has 0 N–H and O–H groups in total. The Labute approximate surface area is 133 Å². The summed E-state index contributed by atoms with van der Waals surface area (Å²) >= 11 is 0. The van der Waals surface area contributed by atoms with Crippen LogP contribution in [0.3, 0.4) is 0 Å². The van der Waals surface area contributed by atoms with Gasteiger partial charge in [-0.1, -0.05) is 12.1 Å². The van der Waals surface area contributed by atoms with Crippen molar-refractivity contribution in [3.8, 4) is 5.75 Å². The SMILES string of the molecule is COc1cccc2c1CC/C(=C/c1ccc([N+](=O)[O-])cc1)C2=O. The van der Waals surface area contributed by atoms with Crippen LogP contribution >= 0.6 is 0 Å². The van der Waals surface area contributed by atoms with Gasteiger partial charge in [0, 0.05) is 28.8 Å². The summed E-state index contributed by atoms with van der Waals surface area (Å²) in [5, 5.41) is 10.7. The number of nitro benzene ring substituents is 1. The molecule has 0 unspecified atom stereocenters. The Hall–Kier alpha value is -2.95. The van der Waals surface area contributed by atoms with E-state index in [1.54, 1.807) is 25.3 Å². The van der Waals surface area contributed by atoms with Gasteiger partial charge in [-0.2, -0.15) is 0 Å². The van der Waals surface area contributed by atoms with Crippen LogP contribution in [0.1, 0.15) is 27.9 Å². The van der Waals surface area contributed by atoms with Crippen molar-refractivity contribution in [2.24, 2.45) is 0 Å². The van der Waals surface area contributed by atoms with Crippen molar-refractivity contribution < 1.29 is 14.5 Å². The third kappa shape index (κ3) is 2.85. The van der Waals surface area contributed by atoms with Gasteiger partial charge < -0.3 is 4.74 Å². The van der Waals surface area contributed by atoms with Crippen LogP contribution in [0.2, 0.25) is 0 Å². The molecule has 0 atom stereocenters. The number of methoxy groups -OCH3 is 1. The zero-order chi connectivity index (χ0) is 16.4. The molecule has 0 saturated carbocycles. The van der Waals surface area contributed by atoms with Gasteiger partial charge in [-0.05, 0) is 42.7 Å². The van der Waals surface area contributed by atoms with Gasteiger partial charge in [0.05, 0.1) is 12.0 Å². The molecule has 0 aliphatic heterocycles. The predicted octanol–water partition coefficient (Wildman–Crippen LogP) is 3.82. The monoisotopic (exact) mass is 309 g/mol. The van der Waals surface area contributed by atoms with Crippen LogP contribution in [-0.4, -0.2) is 17.8 Å². The fourth-order valence-corrected chi connectivity index (χ4v) is 2.80. The number of hydrogen-bond donors (Lipinski definition) is 0. The zero-order valence-corrected chi connectivity index (χ0v) is 12.6. The number of fused-ring (bicyclic) bond motifs is 1. The van der Waals surface area contributed by atoms with E-state index < -0.39 is 4.92 Å². The first-order valence-corrected chi connectivity index (χ1v) is 7.26. The van der Waals surface area contributed by atoms with Crippen molar-refractivity contribution in [1.82, 2.24) is 0 Å². The van der Waals surface area contributed by atoms with Crippen molar-refractivity contribution >= 4 is 17.5 Å². The highest BCUT2D eigenvalue weighted by Gasteiger charge is 2.24. The summed E-state index contributed by atoms with van der Waals surface area (Å²) in [5.41, 5.74) is 3.15. The van der Waals surface area contributed by atoms with Gasteiger partial charge in [0.1, 0.15) is 5.75 Å². The average Bonchev–Trinajstić information content (AvgIpc) is 2.57. The Morgan fingerprint density at radius 2 is 1.87 bits per heavy atom. The zero-order valence-electron chi connectivity index (χ0n) is 12.6. The van der Waals surface area contributed by atoms with Crippen LogP contribution in [0.4, 0.5) is 5.69 Å². The second kappa shape index (κ2) is 6.04. The van der Waals surface area contributed by atoms with Gasteiger partial charge in [-0.25, -0.2) is 0 Å². The first-order valence-electron chi connectivity index (χ1n) is 7.26. The summed E-state index contributed by atoms with van der Waals surface area (Å²) in [6, 6.07) is 11.7. The van der Waals surface area contributed by atoms with Crippen molar-refractivity contribution in [1.29, 1.82) is 0 Å². The molecule has 1 aliphatic rings. The first-order chi connectivity index (χ1) is 11.1. The number of rotatable bonds is 3. The molecule has 1 aliphatic carbocycles. The number of carbonyl (C=O) groups is 1. The Balaban J connectivity index is 1.92. The number of Topliss-reactive ketones (excluding diaryl/α,β-unsaturated/α-hetero) is 1. The molecule has 0 radical (unpaired) electrons. The summed E-state index contributed by atoms with van der Waals surface area (Å²) in [5.74, 6) is 0.730. The normalized spacial score (nSPS) is 15.3. The molecule has 2 aromatic carbocycles. The lowest BCUT2D eigenvalue weighted by Crippen LogP contribution is -2.15. The summed E-state index contributed by atoms with van der Waals surface area (Å²) < 4.78 is 5.31. The maximum Gasteiger partial charge on any atom is 0.269 e. The molecule has 3 rings (SSSR count). The smallest absolute Gasteiger partial charge is 0.269 e. The maximum atomic E-state index is 12.6. The Morgan fingerprint density at radius 3 is 2.52 bits per heavy atom. The average molecular weight is 309 g/mol. The second-order valence-electron chi connectivity index (χ2n) is 5.33. The van der Waals surface area contributed by atoms with Crippen LogP contribution < -0.4 is 4.74 Å². The molecule has 2 aromatic rings. The standard InChI is InChI=1S/C18H15NO4/c1-23-17-4-2-3-16-15(17)10-7-13(18(16)20)11-12-5-8-14(9-6-12)19(21)22/h2-6,8-9,11H,7,10H2,1H3/b13-11-. The van der Waals surface area contributed by atoms with Crippen molar-refractivity contribution in [3.05, 3.63) is 74.8 Å². The highest BCUT2D eigenvalue weighted by atomic mass is 16.6. The van der Waals surface area contributed by atoms with Gasteiger partial charge >= 0.3 is 0 Å². The molecule has 5 heteroatoms. The van der Waals surface area contributed by atoms with E-state index in [4.69, 9.17) is 4.74 Å². The number of benzene rings is 2. The number of allylic oxidation sites excluding steroid dienone is 1. The third-order valence-electron chi connectivity index (χ3n) is 3.98. The lowest BCUT2D eigenvalue weighted by molar-refractivity contribution is -0.384. The van der Waals surface area contributed by atoms with E-state index in [2.05, 4.69) is 0 Å². The molecule has 0 fully saturated rings. The molecular formula is C18H15NO4. The minimum Gasteiger partial charge on any atom is -0.496 e. The van der Waals surface area contributed by atoms with E-state index in [0.29, 0.717) is 17.6 Å². The van der Waals surface area contributed by atoms with E-state index in [0.717, 1.165) is 23.3 Å². The van der Waals surface area contributed by atoms with Gasteiger partial charge in [0.2, 0.25) is 0 Å². The minimum atomic E-state index is -0.439. The number of carbonyl (C=O) groups excluding carboxylic acids is 1. The number of non-ortho nitro benzene ring substituents is 1. The Morgan fingerprint density at radius 1 is 1.13 bits per heavy atom. The molecule has 0 amide bonds. The van der Waals surface area contributed by atoms with E-state index in [1.165, 1.54) is 12.1 Å². The molecule has 0 bridgehead atoms. The summed E-state index contributed by atoms with van der Waals surface area (Å²) in [7, 11) is 1.60. The maximum absolute atomic E-state index is 12.6. The lowest BCUT2D eigenvalue weighted by atomic mass is 9.85. The van der Waals surface area contributed by atoms with Crippen molar-refractivity contribution in [3.63, 3.8) is 0 Å². The van der Waals surface area contributed by atoms with E-state index in [9.17, 15) is 14.9 Å². The summed E-state index contributed by atoms with van der Waals surface area (Å²) in [6.45, 7) is 0. The fraction of sp³-hybridized carbons (Fsp3) is 0.167. The molecular weight excluding hydrogens is 294 g/mol. The van der Waals surface area contributed by atoms with Gasteiger partial charge in [0.25, 0.3) is 5.69 Å². The molecule has 0 saturated heterocycles.